The average molecular weight is 326 g/mol. The lowest BCUT2D eigenvalue weighted by atomic mass is 10.00. The average Bonchev–Trinajstić information content (AvgIpc) is 3.09. The number of ether oxygens (including phenoxy) is 1. The summed E-state index contributed by atoms with van der Waals surface area (Å²) in [6.07, 6.45) is 4.62. The first-order chi connectivity index (χ1) is 11.7. The Morgan fingerprint density at radius 1 is 1.38 bits per heavy atom. The summed E-state index contributed by atoms with van der Waals surface area (Å²) in [7, 11) is 0. The monoisotopic (exact) mass is 326 g/mol. The van der Waals surface area contributed by atoms with E-state index in [0.29, 0.717) is 13.2 Å². The summed E-state index contributed by atoms with van der Waals surface area (Å²) in [6.45, 7) is 5.07. The number of carbonyl (C=O) groups is 1. The standard InChI is InChI=1S/C18H22N4O2/c1-13(22-10-9-21-8-7-19-17(21)12-22)18(23)20-15-6-11-24-16-5-3-2-4-14(15)16/h2-5,7-8,13,15H,6,9-12H2,1H3,(H,20,23)/t13-,15-/m1/s1. The van der Waals surface area contributed by atoms with Crippen molar-refractivity contribution in [3.05, 3.63) is 48.0 Å². The molecular weight excluding hydrogens is 304 g/mol. The fourth-order valence-electron chi connectivity index (χ4n) is 3.47. The molecule has 126 valence electrons. The van der Waals surface area contributed by atoms with Crippen LogP contribution in [0.4, 0.5) is 0 Å². The number of nitrogens with one attached hydrogen (secondary N) is 1. The molecule has 1 N–H and O–H groups in total. The van der Waals surface area contributed by atoms with Crippen molar-refractivity contribution < 1.29 is 9.53 Å². The van der Waals surface area contributed by atoms with E-state index in [1.165, 1.54) is 0 Å². The Kier molecular flexibility index (Phi) is 3.98. The van der Waals surface area contributed by atoms with Gasteiger partial charge < -0.3 is 14.6 Å². The number of carbonyl (C=O) groups excluding carboxylic acids is 1. The molecule has 0 fully saturated rings. The molecule has 6 nitrogen and oxygen atoms in total. The number of rotatable bonds is 3. The first-order valence-electron chi connectivity index (χ1n) is 8.48. The molecule has 2 aliphatic rings. The molecule has 0 saturated heterocycles. The molecule has 24 heavy (non-hydrogen) atoms. The van der Waals surface area contributed by atoms with E-state index in [2.05, 4.69) is 19.8 Å². The molecule has 0 saturated carbocycles. The highest BCUT2D eigenvalue weighted by molar-refractivity contribution is 5.81. The molecule has 0 unspecified atom stereocenters. The van der Waals surface area contributed by atoms with Gasteiger partial charge in [0.05, 0.1) is 25.2 Å². The predicted octanol–water partition coefficient (Wildman–Crippen LogP) is 1.73. The third kappa shape index (κ3) is 2.78. The highest BCUT2D eigenvalue weighted by atomic mass is 16.5. The molecule has 0 radical (unpaired) electrons. The summed E-state index contributed by atoms with van der Waals surface area (Å²) in [4.78, 5) is 19.3. The van der Waals surface area contributed by atoms with Crippen LogP contribution in [0, 0.1) is 0 Å². The number of imidazole rings is 1. The fourth-order valence-corrected chi connectivity index (χ4v) is 3.47. The number of benzene rings is 1. The summed E-state index contributed by atoms with van der Waals surface area (Å²) >= 11 is 0. The highest BCUT2D eigenvalue weighted by Gasteiger charge is 2.29. The van der Waals surface area contributed by atoms with E-state index in [9.17, 15) is 4.79 Å². The van der Waals surface area contributed by atoms with Crippen LogP contribution in [0.1, 0.15) is 30.8 Å². The largest absolute Gasteiger partial charge is 0.493 e. The van der Waals surface area contributed by atoms with Crippen molar-refractivity contribution in [1.82, 2.24) is 19.8 Å². The molecular formula is C18H22N4O2. The summed E-state index contributed by atoms with van der Waals surface area (Å²) < 4.78 is 7.82. The van der Waals surface area contributed by atoms with Crippen molar-refractivity contribution in [3.8, 4) is 5.75 Å². The molecule has 0 bridgehead atoms. The van der Waals surface area contributed by atoms with Crippen molar-refractivity contribution in [3.63, 3.8) is 0 Å². The van der Waals surface area contributed by atoms with Crippen LogP contribution in [-0.2, 0) is 17.9 Å². The quantitative estimate of drug-likeness (QED) is 0.933. The van der Waals surface area contributed by atoms with Crippen LogP contribution >= 0.6 is 0 Å². The first-order valence-corrected chi connectivity index (χ1v) is 8.48. The molecule has 2 atom stereocenters. The van der Waals surface area contributed by atoms with Gasteiger partial charge in [0.2, 0.25) is 5.91 Å². The van der Waals surface area contributed by atoms with E-state index < -0.39 is 0 Å². The Balaban J connectivity index is 1.43. The van der Waals surface area contributed by atoms with Gasteiger partial charge >= 0.3 is 0 Å². The second-order valence-corrected chi connectivity index (χ2v) is 6.42. The number of fused-ring (bicyclic) bond motifs is 2. The Hall–Kier alpha value is -2.34. The maximum atomic E-state index is 12.7. The normalized spacial score (nSPS) is 21.3. The van der Waals surface area contributed by atoms with Crippen molar-refractivity contribution in [2.45, 2.75) is 38.5 Å². The Bertz CT molecular complexity index is 742. The molecule has 3 heterocycles. The summed E-state index contributed by atoms with van der Waals surface area (Å²) in [5.41, 5.74) is 1.07. The summed E-state index contributed by atoms with van der Waals surface area (Å²) in [6, 6.07) is 7.79. The topological polar surface area (TPSA) is 59.4 Å². The molecule has 1 aromatic heterocycles. The third-order valence-corrected chi connectivity index (χ3v) is 4.98. The second kappa shape index (κ2) is 6.28. The van der Waals surface area contributed by atoms with Crippen LogP contribution in [0.15, 0.2) is 36.7 Å². The summed E-state index contributed by atoms with van der Waals surface area (Å²) in [5.74, 6) is 1.97. The lowest BCUT2D eigenvalue weighted by molar-refractivity contribution is -0.127. The van der Waals surface area contributed by atoms with Crippen LogP contribution < -0.4 is 10.1 Å². The lowest BCUT2D eigenvalue weighted by Gasteiger charge is -2.33. The van der Waals surface area contributed by atoms with Crippen LogP contribution in [0.25, 0.3) is 0 Å². The first kappa shape index (κ1) is 15.2. The molecule has 1 aromatic carbocycles. The van der Waals surface area contributed by atoms with Gasteiger partial charge in [0.1, 0.15) is 11.6 Å². The van der Waals surface area contributed by atoms with Gasteiger partial charge in [0.15, 0.2) is 0 Å². The van der Waals surface area contributed by atoms with Gasteiger partial charge in [-0.3, -0.25) is 9.69 Å². The third-order valence-electron chi connectivity index (χ3n) is 4.98. The molecule has 4 rings (SSSR count). The van der Waals surface area contributed by atoms with Gasteiger partial charge in [-0.05, 0) is 13.0 Å². The minimum absolute atomic E-state index is 0.0247. The Labute approximate surface area is 141 Å². The van der Waals surface area contributed by atoms with Gasteiger partial charge in [0, 0.05) is 37.5 Å². The number of nitrogens with zero attached hydrogens (tertiary/aromatic N) is 3. The molecule has 2 aromatic rings. The maximum absolute atomic E-state index is 12.7. The molecule has 1 amide bonds. The van der Waals surface area contributed by atoms with E-state index in [1.54, 1.807) is 0 Å². The molecule has 6 heteroatoms. The number of para-hydroxylation sites is 1. The lowest BCUT2D eigenvalue weighted by Crippen LogP contribution is -2.49. The number of amides is 1. The maximum Gasteiger partial charge on any atom is 0.237 e. The van der Waals surface area contributed by atoms with Crippen molar-refractivity contribution in [2.24, 2.45) is 0 Å². The van der Waals surface area contributed by atoms with Gasteiger partial charge in [-0.1, -0.05) is 18.2 Å². The summed E-state index contributed by atoms with van der Waals surface area (Å²) in [5, 5.41) is 3.20. The minimum atomic E-state index is -0.176. The van der Waals surface area contributed by atoms with E-state index in [0.717, 1.165) is 36.6 Å². The van der Waals surface area contributed by atoms with Crippen molar-refractivity contribution in [2.75, 3.05) is 13.2 Å². The van der Waals surface area contributed by atoms with Crippen LogP contribution in [-0.4, -0.2) is 39.6 Å². The van der Waals surface area contributed by atoms with Gasteiger partial charge in [0.25, 0.3) is 0 Å². The smallest absolute Gasteiger partial charge is 0.237 e. The second-order valence-electron chi connectivity index (χ2n) is 6.42. The fraction of sp³-hybridized carbons (Fsp3) is 0.444. The Morgan fingerprint density at radius 3 is 3.17 bits per heavy atom. The van der Waals surface area contributed by atoms with Gasteiger partial charge in [-0.2, -0.15) is 0 Å². The minimum Gasteiger partial charge on any atom is -0.493 e. The van der Waals surface area contributed by atoms with Gasteiger partial charge in [-0.25, -0.2) is 4.98 Å². The zero-order chi connectivity index (χ0) is 16.5. The van der Waals surface area contributed by atoms with Crippen LogP contribution in [0.2, 0.25) is 0 Å². The molecule has 0 spiro atoms. The number of aromatic nitrogens is 2. The molecule has 2 aliphatic heterocycles. The van der Waals surface area contributed by atoms with Gasteiger partial charge in [-0.15, -0.1) is 0 Å². The molecule has 0 aliphatic carbocycles. The zero-order valence-electron chi connectivity index (χ0n) is 13.8. The number of hydrogen-bond acceptors (Lipinski definition) is 4. The van der Waals surface area contributed by atoms with Crippen LogP contribution in [0.5, 0.6) is 5.75 Å². The Morgan fingerprint density at radius 2 is 2.25 bits per heavy atom. The SMILES string of the molecule is C[C@H](C(=O)N[C@@H]1CCOc2ccccc21)N1CCn2ccnc2C1. The van der Waals surface area contributed by atoms with Crippen molar-refractivity contribution >= 4 is 5.91 Å². The van der Waals surface area contributed by atoms with Crippen molar-refractivity contribution in [1.29, 1.82) is 0 Å². The van der Waals surface area contributed by atoms with E-state index >= 15 is 0 Å². The van der Waals surface area contributed by atoms with E-state index in [-0.39, 0.29) is 18.0 Å². The predicted molar refractivity (Wildman–Crippen MR) is 89.5 cm³/mol. The van der Waals surface area contributed by atoms with E-state index in [1.807, 2.05) is 43.6 Å². The van der Waals surface area contributed by atoms with Crippen LogP contribution in [0.3, 0.4) is 0 Å². The zero-order valence-corrected chi connectivity index (χ0v) is 13.8. The highest BCUT2D eigenvalue weighted by Crippen LogP contribution is 2.31. The number of hydrogen-bond donors (Lipinski definition) is 1. The van der Waals surface area contributed by atoms with E-state index in [4.69, 9.17) is 4.74 Å².